The monoisotopic (exact) mass is 492 g/mol. The lowest BCUT2D eigenvalue weighted by molar-refractivity contribution is -0.133. The van der Waals surface area contributed by atoms with Gasteiger partial charge in [-0.1, -0.05) is 41.9 Å². The van der Waals surface area contributed by atoms with Crippen LogP contribution in [-0.4, -0.2) is 51.7 Å². The molecule has 0 N–H and O–H groups in total. The number of halogens is 1. The largest absolute Gasteiger partial charge is 0.340 e. The van der Waals surface area contributed by atoms with E-state index < -0.39 is 0 Å². The first-order valence-corrected chi connectivity index (χ1v) is 12.6. The van der Waals surface area contributed by atoms with Gasteiger partial charge in [0.15, 0.2) is 0 Å². The first kappa shape index (κ1) is 22.8. The topological polar surface area (TPSA) is 58.4 Å². The molecule has 1 aliphatic heterocycles. The van der Waals surface area contributed by atoms with Gasteiger partial charge in [-0.05, 0) is 30.3 Å². The summed E-state index contributed by atoms with van der Waals surface area (Å²) in [7, 11) is 0. The number of hydrogen-bond donors (Lipinski definition) is 0. The molecule has 0 bridgehead atoms. The Kier molecular flexibility index (Phi) is 6.76. The molecule has 2 aromatic heterocycles. The standard InChI is InChI=1S/C26H25ClN4O2S/c27-22-7-3-1-5-20(22)25-10-9-19(34-25)18-29-13-15-30(16-14-29)26(33)11-12-31-23-8-4-2-6-21(23)24(32)17-28-31/h1-10,17H,11-16,18H2. The number of rotatable bonds is 6. The maximum absolute atomic E-state index is 12.8. The molecule has 174 valence electrons. The van der Waals surface area contributed by atoms with Crippen LogP contribution in [0.25, 0.3) is 21.3 Å². The van der Waals surface area contributed by atoms with Crippen molar-refractivity contribution in [2.24, 2.45) is 0 Å². The van der Waals surface area contributed by atoms with Crippen LogP contribution in [0.1, 0.15) is 11.3 Å². The van der Waals surface area contributed by atoms with Gasteiger partial charge in [-0.25, -0.2) is 0 Å². The lowest BCUT2D eigenvalue weighted by Crippen LogP contribution is -2.48. The zero-order valence-electron chi connectivity index (χ0n) is 18.7. The van der Waals surface area contributed by atoms with Gasteiger partial charge in [-0.15, -0.1) is 11.3 Å². The highest BCUT2D eigenvalue weighted by Gasteiger charge is 2.21. The minimum Gasteiger partial charge on any atom is -0.340 e. The fraction of sp³-hybridized carbons (Fsp3) is 0.269. The molecule has 1 amide bonds. The number of amides is 1. The average Bonchev–Trinajstić information content (AvgIpc) is 3.32. The second-order valence-electron chi connectivity index (χ2n) is 8.40. The fourth-order valence-corrected chi connectivity index (χ4v) is 5.73. The quantitative estimate of drug-likeness (QED) is 0.397. The number of thiophene rings is 1. The smallest absolute Gasteiger partial charge is 0.224 e. The summed E-state index contributed by atoms with van der Waals surface area (Å²) in [6.45, 7) is 4.48. The van der Waals surface area contributed by atoms with Crippen molar-refractivity contribution in [3.8, 4) is 10.4 Å². The van der Waals surface area contributed by atoms with Crippen molar-refractivity contribution in [2.75, 3.05) is 26.2 Å². The van der Waals surface area contributed by atoms with Crippen LogP contribution in [0.4, 0.5) is 0 Å². The molecule has 8 heteroatoms. The average molecular weight is 493 g/mol. The molecular weight excluding hydrogens is 468 g/mol. The number of piperazine rings is 1. The van der Waals surface area contributed by atoms with E-state index in [9.17, 15) is 9.59 Å². The van der Waals surface area contributed by atoms with Gasteiger partial charge in [0, 0.05) is 64.9 Å². The van der Waals surface area contributed by atoms with Gasteiger partial charge < -0.3 is 4.90 Å². The molecule has 3 heterocycles. The zero-order valence-corrected chi connectivity index (χ0v) is 20.3. The van der Waals surface area contributed by atoms with E-state index in [0.717, 1.165) is 48.8 Å². The molecule has 0 atom stereocenters. The third kappa shape index (κ3) is 4.92. The molecule has 5 rings (SSSR count). The molecule has 0 aliphatic carbocycles. The first-order chi connectivity index (χ1) is 16.6. The summed E-state index contributed by atoms with van der Waals surface area (Å²) in [5, 5.41) is 5.63. The van der Waals surface area contributed by atoms with E-state index in [0.29, 0.717) is 18.4 Å². The lowest BCUT2D eigenvalue weighted by atomic mass is 10.2. The summed E-state index contributed by atoms with van der Waals surface area (Å²) in [4.78, 5) is 31.6. The van der Waals surface area contributed by atoms with E-state index in [1.165, 1.54) is 16.0 Å². The van der Waals surface area contributed by atoms with Gasteiger partial charge in [-0.2, -0.15) is 5.10 Å². The van der Waals surface area contributed by atoms with Crippen LogP contribution in [0.3, 0.4) is 0 Å². The van der Waals surface area contributed by atoms with E-state index in [4.69, 9.17) is 11.6 Å². The maximum Gasteiger partial charge on any atom is 0.224 e. The highest BCUT2D eigenvalue weighted by atomic mass is 35.5. The molecule has 6 nitrogen and oxygen atoms in total. The summed E-state index contributed by atoms with van der Waals surface area (Å²) >= 11 is 8.12. The summed E-state index contributed by atoms with van der Waals surface area (Å²) in [5.41, 5.74) is 1.74. The summed E-state index contributed by atoms with van der Waals surface area (Å²) in [6, 6.07) is 19.6. The van der Waals surface area contributed by atoms with Crippen molar-refractivity contribution < 1.29 is 4.79 Å². The second kappa shape index (κ2) is 10.1. The number of nitrogens with zero attached hydrogens (tertiary/aromatic N) is 4. The van der Waals surface area contributed by atoms with Gasteiger partial charge in [0.2, 0.25) is 11.3 Å². The van der Waals surface area contributed by atoms with Crippen molar-refractivity contribution >= 4 is 39.7 Å². The van der Waals surface area contributed by atoms with Gasteiger partial charge >= 0.3 is 0 Å². The minimum absolute atomic E-state index is 0.0981. The summed E-state index contributed by atoms with van der Waals surface area (Å²) in [5.74, 6) is 0.126. The number of aromatic nitrogens is 2. The molecule has 0 radical (unpaired) electrons. The SMILES string of the molecule is O=C(CCn1ncc(=O)c2ccccc21)N1CCN(Cc2ccc(-c3ccccc3Cl)s2)CC1. The van der Waals surface area contributed by atoms with E-state index >= 15 is 0 Å². The Balaban J connectivity index is 1.14. The molecule has 1 fully saturated rings. The predicted octanol–water partition coefficient (Wildman–Crippen LogP) is 4.51. The van der Waals surface area contributed by atoms with Gasteiger partial charge in [-0.3, -0.25) is 19.2 Å². The Morgan fingerprint density at radius 1 is 0.971 bits per heavy atom. The minimum atomic E-state index is -0.0981. The number of carbonyl (C=O) groups is 1. The Hall–Kier alpha value is -3.00. The van der Waals surface area contributed by atoms with Crippen molar-refractivity contribution in [1.82, 2.24) is 19.6 Å². The predicted molar refractivity (Wildman–Crippen MR) is 137 cm³/mol. The summed E-state index contributed by atoms with van der Waals surface area (Å²) in [6.07, 6.45) is 1.69. The first-order valence-electron chi connectivity index (χ1n) is 11.4. The number of hydrogen-bond acceptors (Lipinski definition) is 5. The molecule has 34 heavy (non-hydrogen) atoms. The van der Waals surface area contributed by atoms with Crippen LogP contribution in [0, 0.1) is 0 Å². The molecule has 1 aliphatic rings. The van der Waals surface area contributed by atoms with E-state index in [2.05, 4.69) is 22.1 Å². The molecule has 0 saturated carbocycles. The second-order valence-corrected chi connectivity index (χ2v) is 9.98. The number of carbonyl (C=O) groups excluding carboxylic acids is 1. The third-order valence-electron chi connectivity index (χ3n) is 6.20. The van der Waals surface area contributed by atoms with Crippen LogP contribution >= 0.6 is 22.9 Å². The van der Waals surface area contributed by atoms with Crippen LogP contribution < -0.4 is 5.43 Å². The highest BCUT2D eigenvalue weighted by molar-refractivity contribution is 7.15. The van der Waals surface area contributed by atoms with Crippen LogP contribution in [0.2, 0.25) is 5.02 Å². The van der Waals surface area contributed by atoms with Crippen molar-refractivity contribution in [1.29, 1.82) is 0 Å². The van der Waals surface area contributed by atoms with Crippen LogP contribution in [0.5, 0.6) is 0 Å². The maximum atomic E-state index is 12.8. The highest BCUT2D eigenvalue weighted by Crippen LogP contribution is 2.33. The summed E-state index contributed by atoms with van der Waals surface area (Å²) < 4.78 is 1.75. The van der Waals surface area contributed by atoms with Gasteiger partial charge in [0.1, 0.15) is 0 Å². The molecule has 4 aromatic rings. The van der Waals surface area contributed by atoms with Gasteiger partial charge in [0.25, 0.3) is 0 Å². The van der Waals surface area contributed by atoms with Crippen molar-refractivity contribution in [3.05, 3.63) is 87.0 Å². The number of para-hydroxylation sites is 1. The molecular formula is C26H25ClN4O2S. The van der Waals surface area contributed by atoms with E-state index in [-0.39, 0.29) is 11.3 Å². The van der Waals surface area contributed by atoms with E-state index in [1.54, 1.807) is 22.1 Å². The normalized spacial score (nSPS) is 14.6. The zero-order chi connectivity index (χ0) is 23.5. The molecule has 0 unspecified atom stereocenters. The Morgan fingerprint density at radius 2 is 1.74 bits per heavy atom. The van der Waals surface area contributed by atoms with E-state index in [1.807, 2.05) is 47.4 Å². The van der Waals surface area contributed by atoms with Crippen molar-refractivity contribution in [3.63, 3.8) is 0 Å². The van der Waals surface area contributed by atoms with Crippen LogP contribution in [-0.2, 0) is 17.9 Å². The van der Waals surface area contributed by atoms with Crippen LogP contribution in [0.15, 0.2) is 71.7 Å². The third-order valence-corrected chi connectivity index (χ3v) is 7.64. The molecule has 0 spiro atoms. The Labute approximate surface area is 207 Å². The Morgan fingerprint density at radius 3 is 2.56 bits per heavy atom. The van der Waals surface area contributed by atoms with Crippen molar-refractivity contribution in [2.45, 2.75) is 19.5 Å². The number of aryl methyl sites for hydroxylation is 1. The molecule has 2 aromatic carbocycles. The number of fused-ring (bicyclic) bond motifs is 1. The molecule has 1 saturated heterocycles. The van der Waals surface area contributed by atoms with Gasteiger partial charge in [0.05, 0.1) is 18.3 Å². The lowest BCUT2D eigenvalue weighted by Gasteiger charge is -2.34. The number of benzene rings is 2. The Bertz CT molecular complexity index is 1370. The fourth-order valence-electron chi connectivity index (χ4n) is 4.34.